The zero-order valence-electron chi connectivity index (χ0n) is 17.6. The largest absolute Gasteiger partial charge is 0.490 e. The molecule has 0 spiro atoms. The van der Waals surface area contributed by atoms with Crippen molar-refractivity contribution < 1.29 is 27.4 Å². The lowest BCUT2D eigenvalue weighted by Crippen LogP contribution is -2.26. The quantitative estimate of drug-likeness (QED) is 0.412. The molecule has 11 heteroatoms. The molecule has 1 amide bonds. The zero-order valence-corrected chi connectivity index (χ0v) is 18.4. The first-order valence-corrected chi connectivity index (χ1v) is 10.8. The molecule has 0 aliphatic heterocycles. The van der Waals surface area contributed by atoms with Crippen molar-refractivity contribution in [2.24, 2.45) is 11.4 Å². The summed E-state index contributed by atoms with van der Waals surface area (Å²) in [6.45, 7) is 8.08. The minimum atomic E-state index is -4.21. The number of anilines is 1. The molecule has 32 heavy (non-hydrogen) atoms. The lowest BCUT2D eigenvalue weighted by molar-refractivity contribution is 0.0394. The number of aromatic nitrogens is 1. The fourth-order valence-electron chi connectivity index (χ4n) is 2.90. The Kier molecular flexibility index (Phi) is 7.56. The fraction of sp³-hybridized carbons (Fsp3) is 0.286. The third kappa shape index (κ3) is 5.60. The highest BCUT2D eigenvalue weighted by molar-refractivity contribution is 7.90. The Morgan fingerprint density at radius 2 is 2.19 bits per heavy atom. The van der Waals surface area contributed by atoms with Crippen LogP contribution in [0.4, 0.5) is 10.1 Å². The van der Waals surface area contributed by atoms with Gasteiger partial charge in [0, 0.05) is 32.1 Å². The first-order chi connectivity index (χ1) is 15.0. The second-order valence-corrected chi connectivity index (χ2v) is 8.88. The SMILES string of the molecule is C=CCC(C)(O)CCOc1c(S(=O)(=O)N=C)cn(C)c1C(=O)Nc1ccc(F)c(C#N)c1. The topological polar surface area (TPSA) is 134 Å². The van der Waals surface area contributed by atoms with Crippen molar-refractivity contribution in [1.82, 2.24) is 4.57 Å². The smallest absolute Gasteiger partial charge is 0.286 e. The average Bonchev–Trinajstić information content (AvgIpc) is 3.06. The number of carbonyl (C=O) groups excluding carboxylic acids is 1. The standard InChI is InChI=1S/C21H23FN4O5S/c1-5-8-21(2,28)9-10-31-19-17(32(29,30)24-3)13-26(4)18(19)20(27)25-15-6-7-16(22)14(11-15)12-23/h5-7,11,13,28H,1,3,8-10H2,2,4H3,(H,25,27). The first-order valence-electron chi connectivity index (χ1n) is 9.35. The highest BCUT2D eigenvalue weighted by Gasteiger charge is 2.30. The summed E-state index contributed by atoms with van der Waals surface area (Å²) in [6, 6.07) is 5.10. The molecule has 9 nitrogen and oxygen atoms in total. The molecule has 2 N–H and O–H groups in total. The van der Waals surface area contributed by atoms with Crippen molar-refractivity contribution in [2.75, 3.05) is 11.9 Å². The molecule has 1 heterocycles. The summed E-state index contributed by atoms with van der Waals surface area (Å²) in [5.74, 6) is -1.78. The number of ether oxygens (including phenoxy) is 1. The van der Waals surface area contributed by atoms with E-state index in [0.29, 0.717) is 0 Å². The van der Waals surface area contributed by atoms with Gasteiger partial charge in [-0.3, -0.25) is 4.79 Å². The molecule has 1 unspecified atom stereocenters. The molecule has 0 saturated heterocycles. The Hall–Kier alpha value is -3.49. The second-order valence-electron chi connectivity index (χ2n) is 7.23. The lowest BCUT2D eigenvalue weighted by Gasteiger charge is -2.21. The van der Waals surface area contributed by atoms with E-state index in [-0.39, 0.29) is 47.0 Å². The number of carbonyl (C=O) groups is 1. The number of halogens is 1. The number of nitrogens with one attached hydrogen (secondary N) is 1. The van der Waals surface area contributed by atoms with E-state index in [1.54, 1.807) is 13.0 Å². The molecule has 1 aromatic heterocycles. The van der Waals surface area contributed by atoms with E-state index in [1.165, 1.54) is 23.8 Å². The van der Waals surface area contributed by atoms with Gasteiger partial charge in [-0.05, 0) is 31.5 Å². The van der Waals surface area contributed by atoms with Crippen LogP contribution in [0.5, 0.6) is 5.75 Å². The second kappa shape index (κ2) is 9.76. The molecule has 0 bridgehead atoms. The first kappa shape index (κ1) is 24.8. The minimum absolute atomic E-state index is 0.111. The van der Waals surface area contributed by atoms with Gasteiger partial charge >= 0.3 is 0 Å². The third-order valence-electron chi connectivity index (χ3n) is 4.58. The van der Waals surface area contributed by atoms with Crippen LogP contribution in [0, 0.1) is 17.1 Å². The van der Waals surface area contributed by atoms with Gasteiger partial charge in [-0.15, -0.1) is 6.58 Å². The predicted octanol–water partition coefficient (Wildman–Crippen LogP) is 2.77. The van der Waals surface area contributed by atoms with Crippen molar-refractivity contribution in [1.29, 1.82) is 5.26 Å². The Labute approximate surface area is 185 Å². The van der Waals surface area contributed by atoms with Crippen LogP contribution in [0.3, 0.4) is 0 Å². The van der Waals surface area contributed by atoms with Crippen LogP contribution in [-0.4, -0.2) is 42.9 Å². The van der Waals surface area contributed by atoms with Crippen LogP contribution in [0.1, 0.15) is 35.8 Å². The molecular weight excluding hydrogens is 439 g/mol. The number of amides is 1. The fourth-order valence-corrected chi connectivity index (χ4v) is 3.72. The summed E-state index contributed by atoms with van der Waals surface area (Å²) >= 11 is 0. The van der Waals surface area contributed by atoms with Crippen LogP contribution in [0.15, 0.2) is 46.3 Å². The summed E-state index contributed by atoms with van der Waals surface area (Å²) in [6.07, 6.45) is 3.10. The van der Waals surface area contributed by atoms with Crippen LogP contribution >= 0.6 is 0 Å². The van der Waals surface area contributed by atoms with Gasteiger partial charge in [0.15, 0.2) is 11.4 Å². The van der Waals surface area contributed by atoms with Gasteiger partial charge in [-0.25, -0.2) is 4.39 Å². The monoisotopic (exact) mass is 462 g/mol. The number of hydrogen-bond donors (Lipinski definition) is 2. The third-order valence-corrected chi connectivity index (χ3v) is 5.77. The maximum atomic E-state index is 13.6. The van der Waals surface area contributed by atoms with Crippen LogP contribution in [0.2, 0.25) is 0 Å². The predicted molar refractivity (Wildman–Crippen MR) is 117 cm³/mol. The molecule has 0 saturated carbocycles. The van der Waals surface area contributed by atoms with E-state index < -0.39 is 27.3 Å². The summed E-state index contributed by atoms with van der Waals surface area (Å²) < 4.78 is 48.3. The van der Waals surface area contributed by atoms with Crippen LogP contribution in [-0.2, 0) is 17.1 Å². The van der Waals surface area contributed by atoms with Gasteiger partial charge < -0.3 is 19.7 Å². The van der Waals surface area contributed by atoms with Crippen molar-refractivity contribution in [3.05, 3.63) is 54.1 Å². The van der Waals surface area contributed by atoms with E-state index in [2.05, 4.69) is 23.0 Å². The number of nitriles is 1. The summed E-state index contributed by atoms with van der Waals surface area (Å²) in [7, 11) is -2.78. The van der Waals surface area contributed by atoms with Gasteiger partial charge in [0.05, 0.1) is 17.8 Å². The normalized spacial score (nSPS) is 13.0. The maximum Gasteiger partial charge on any atom is 0.286 e. The van der Waals surface area contributed by atoms with Gasteiger partial charge in [-0.1, -0.05) is 6.08 Å². The number of hydrogen-bond acceptors (Lipinski definition) is 6. The minimum Gasteiger partial charge on any atom is -0.490 e. The van der Waals surface area contributed by atoms with E-state index in [4.69, 9.17) is 10.00 Å². The van der Waals surface area contributed by atoms with Crippen LogP contribution in [0.25, 0.3) is 0 Å². The molecule has 1 aromatic carbocycles. The Morgan fingerprint density at radius 1 is 1.50 bits per heavy atom. The number of sulfonamides is 1. The van der Waals surface area contributed by atoms with E-state index in [1.807, 2.05) is 0 Å². The van der Waals surface area contributed by atoms with Crippen LogP contribution < -0.4 is 10.1 Å². The van der Waals surface area contributed by atoms with E-state index >= 15 is 0 Å². The van der Waals surface area contributed by atoms with E-state index in [9.17, 15) is 22.7 Å². The molecule has 2 rings (SSSR count). The number of aryl methyl sites for hydroxylation is 1. The number of nitrogens with zero attached hydrogens (tertiary/aromatic N) is 3. The Morgan fingerprint density at radius 3 is 2.78 bits per heavy atom. The Bertz CT molecular complexity index is 1200. The lowest BCUT2D eigenvalue weighted by atomic mass is 9.99. The Balaban J connectivity index is 2.43. The molecule has 0 radical (unpaired) electrons. The van der Waals surface area contributed by atoms with E-state index in [0.717, 1.165) is 18.3 Å². The molecule has 0 aliphatic rings. The highest BCUT2D eigenvalue weighted by atomic mass is 32.2. The summed E-state index contributed by atoms with van der Waals surface area (Å²) in [4.78, 5) is 12.6. The summed E-state index contributed by atoms with van der Waals surface area (Å²) in [5, 5.41) is 21.7. The summed E-state index contributed by atoms with van der Waals surface area (Å²) in [5.41, 5.74) is -1.44. The number of benzene rings is 1. The van der Waals surface area contributed by atoms with Gasteiger partial charge in [0.1, 0.15) is 16.8 Å². The average molecular weight is 463 g/mol. The van der Waals surface area contributed by atoms with Crippen molar-refractivity contribution in [2.45, 2.75) is 30.3 Å². The van der Waals surface area contributed by atoms with Gasteiger partial charge in [0.2, 0.25) is 0 Å². The van der Waals surface area contributed by atoms with Gasteiger partial charge in [0.25, 0.3) is 15.9 Å². The maximum absolute atomic E-state index is 13.6. The molecule has 0 aliphatic carbocycles. The highest BCUT2D eigenvalue weighted by Crippen LogP contribution is 2.32. The zero-order chi connectivity index (χ0) is 24.1. The van der Waals surface area contributed by atoms with Crippen molar-refractivity contribution >= 4 is 28.3 Å². The number of rotatable bonds is 10. The van der Waals surface area contributed by atoms with Gasteiger partial charge in [-0.2, -0.15) is 18.1 Å². The molecule has 0 fully saturated rings. The molecule has 1 atom stereocenters. The molecular formula is C21H23FN4O5S. The molecule has 2 aromatic rings. The van der Waals surface area contributed by atoms with Crippen molar-refractivity contribution in [3.8, 4) is 11.8 Å². The molecule has 170 valence electrons. The van der Waals surface area contributed by atoms with Crippen molar-refractivity contribution in [3.63, 3.8) is 0 Å². The number of aliphatic hydroxyl groups is 1.